The highest BCUT2D eigenvalue weighted by Crippen LogP contribution is 2.11. The Kier molecular flexibility index (Phi) is 3.41. The number of carboxylic acid groups (broad SMARTS) is 1. The van der Waals surface area contributed by atoms with Gasteiger partial charge in [0.15, 0.2) is 0 Å². The molecule has 2 N–H and O–H groups in total. The van der Waals surface area contributed by atoms with E-state index in [1.54, 1.807) is 0 Å². The van der Waals surface area contributed by atoms with Gasteiger partial charge in [-0.05, 0) is 6.07 Å². The summed E-state index contributed by atoms with van der Waals surface area (Å²) in [6, 6.07) is 0.992. The van der Waals surface area contributed by atoms with Crippen LogP contribution in [0.4, 0.5) is 4.39 Å². The average Bonchev–Trinajstić information content (AvgIpc) is 2.37. The summed E-state index contributed by atoms with van der Waals surface area (Å²) in [7, 11) is 0. The Hall–Kier alpha value is -2.51. The molecule has 1 aliphatic heterocycles. The van der Waals surface area contributed by atoms with Crippen molar-refractivity contribution in [2.24, 2.45) is 0 Å². The van der Waals surface area contributed by atoms with Crippen molar-refractivity contribution < 1.29 is 23.9 Å². The van der Waals surface area contributed by atoms with Crippen LogP contribution in [0.15, 0.2) is 18.3 Å². The number of hydrogen-bond acceptors (Lipinski definition) is 4. The molecular formula is C11H10FN3O4. The normalized spacial score (nSPS) is 18.9. The van der Waals surface area contributed by atoms with E-state index in [0.29, 0.717) is 0 Å². The summed E-state index contributed by atoms with van der Waals surface area (Å²) in [6.45, 7) is -0.548. The van der Waals surface area contributed by atoms with Gasteiger partial charge in [0.05, 0.1) is 0 Å². The molecule has 2 rings (SSSR count). The lowest BCUT2D eigenvalue weighted by Gasteiger charge is -2.32. The van der Waals surface area contributed by atoms with Crippen LogP contribution in [0.5, 0.6) is 0 Å². The predicted molar refractivity (Wildman–Crippen MR) is 59.7 cm³/mol. The van der Waals surface area contributed by atoms with E-state index in [-0.39, 0.29) is 18.7 Å². The number of carbonyl (C=O) groups is 3. The molecule has 0 bridgehead atoms. The number of amides is 2. The lowest BCUT2D eigenvalue weighted by Crippen LogP contribution is -2.59. The van der Waals surface area contributed by atoms with E-state index in [0.717, 1.165) is 17.2 Å². The number of nitrogens with zero attached hydrogens (tertiary/aromatic N) is 2. The van der Waals surface area contributed by atoms with Crippen molar-refractivity contribution in [3.63, 3.8) is 0 Å². The molecule has 0 spiro atoms. The molecule has 1 saturated heterocycles. The highest BCUT2D eigenvalue weighted by molar-refractivity contribution is 5.99. The van der Waals surface area contributed by atoms with Gasteiger partial charge in [-0.3, -0.25) is 9.59 Å². The number of aromatic nitrogens is 1. The molecule has 1 aromatic rings. The second-order valence-corrected chi connectivity index (χ2v) is 3.96. The maximum absolute atomic E-state index is 12.9. The smallest absolute Gasteiger partial charge is 0.328 e. The van der Waals surface area contributed by atoms with Crippen LogP contribution in [-0.2, 0) is 9.59 Å². The van der Waals surface area contributed by atoms with E-state index >= 15 is 0 Å². The van der Waals surface area contributed by atoms with Gasteiger partial charge in [-0.1, -0.05) is 0 Å². The lowest BCUT2D eigenvalue weighted by atomic mass is 10.1. The largest absolute Gasteiger partial charge is 0.480 e. The van der Waals surface area contributed by atoms with Gasteiger partial charge in [0.2, 0.25) is 11.9 Å². The van der Waals surface area contributed by atoms with Crippen molar-refractivity contribution in [1.82, 2.24) is 15.2 Å². The number of hydrogen-bond donors (Lipinski definition) is 2. The van der Waals surface area contributed by atoms with Gasteiger partial charge in [0, 0.05) is 24.4 Å². The van der Waals surface area contributed by atoms with Gasteiger partial charge >= 0.3 is 5.97 Å². The Balaban J connectivity index is 2.28. The Bertz CT molecular complexity index is 548. The van der Waals surface area contributed by atoms with E-state index in [9.17, 15) is 18.8 Å². The summed E-state index contributed by atoms with van der Waals surface area (Å²) >= 11 is 0. The van der Waals surface area contributed by atoms with Gasteiger partial charge in [-0.15, -0.1) is 0 Å². The van der Waals surface area contributed by atoms with Crippen molar-refractivity contribution in [2.75, 3.05) is 13.1 Å². The molecule has 1 atom stereocenters. The Morgan fingerprint density at radius 1 is 1.53 bits per heavy atom. The molecule has 1 fully saturated rings. The number of carbonyl (C=O) groups excluding carboxylic acids is 2. The molecule has 1 aromatic heterocycles. The second kappa shape index (κ2) is 5.01. The molecule has 0 aromatic carbocycles. The SMILES string of the molecule is O=C1CN(C(=O)c2ccnc(F)c2)C(C(=O)O)CN1. The number of nitrogens with one attached hydrogen (secondary N) is 1. The zero-order chi connectivity index (χ0) is 14.0. The third-order valence-electron chi connectivity index (χ3n) is 2.70. The van der Waals surface area contributed by atoms with Crippen molar-refractivity contribution in [1.29, 1.82) is 0 Å². The minimum absolute atomic E-state index is 0.0477. The van der Waals surface area contributed by atoms with Gasteiger partial charge in [-0.2, -0.15) is 4.39 Å². The van der Waals surface area contributed by atoms with Crippen molar-refractivity contribution in [3.05, 3.63) is 29.8 Å². The van der Waals surface area contributed by atoms with Crippen LogP contribution in [-0.4, -0.2) is 51.9 Å². The van der Waals surface area contributed by atoms with Gasteiger partial charge in [0.1, 0.15) is 12.6 Å². The summed E-state index contributed by atoms with van der Waals surface area (Å²) in [6.07, 6.45) is 1.10. The highest BCUT2D eigenvalue weighted by Gasteiger charge is 2.35. The minimum atomic E-state index is -1.23. The molecule has 0 radical (unpaired) electrons. The molecule has 2 amide bonds. The molecule has 0 aliphatic carbocycles. The monoisotopic (exact) mass is 267 g/mol. The molecule has 7 nitrogen and oxygen atoms in total. The van der Waals surface area contributed by atoms with E-state index in [4.69, 9.17) is 5.11 Å². The molecule has 100 valence electrons. The van der Waals surface area contributed by atoms with E-state index < -0.39 is 29.8 Å². The molecule has 1 unspecified atom stereocenters. The van der Waals surface area contributed by atoms with Crippen LogP contribution in [0.2, 0.25) is 0 Å². The fourth-order valence-corrected chi connectivity index (χ4v) is 1.78. The standard InChI is InChI=1S/C11H10FN3O4/c12-8-3-6(1-2-13-8)10(17)15-5-9(16)14-4-7(15)11(18)19/h1-3,7H,4-5H2,(H,14,16)(H,18,19). The first-order valence-corrected chi connectivity index (χ1v) is 5.41. The highest BCUT2D eigenvalue weighted by atomic mass is 19.1. The van der Waals surface area contributed by atoms with Crippen LogP contribution in [0.3, 0.4) is 0 Å². The van der Waals surface area contributed by atoms with Crippen LogP contribution < -0.4 is 5.32 Å². The fraction of sp³-hybridized carbons (Fsp3) is 0.273. The number of carboxylic acids is 1. The maximum Gasteiger partial charge on any atom is 0.328 e. The van der Waals surface area contributed by atoms with Crippen LogP contribution in [0.25, 0.3) is 0 Å². The molecule has 2 heterocycles. The quantitative estimate of drug-likeness (QED) is 0.686. The Morgan fingerprint density at radius 2 is 2.26 bits per heavy atom. The Morgan fingerprint density at radius 3 is 2.89 bits per heavy atom. The van der Waals surface area contributed by atoms with E-state index in [1.165, 1.54) is 6.07 Å². The van der Waals surface area contributed by atoms with Crippen molar-refractivity contribution in [2.45, 2.75) is 6.04 Å². The third kappa shape index (κ3) is 2.67. The van der Waals surface area contributed by atoms with Gasteiger partial charge < -0.3 is 15.3 Å². The number of aliphatic carboxylic acids is 1. The van der Waals surface area contributed by atoms with Crippen LogP contribution in [0, 0.1) is 5.95 Å². The fourth-order valence-electron chi connectivity index (χ4n) is 1.78. The molecule has 1 aliphatic rings. The summed E-state index contributed by atoms with van der Waals surface area (Å²) in [5.41, 5.74) is -0.0477. The predicted octanol–water partition coefficient (Wildman–Crippen LogP) is -0.754. The van der Waals surface area contributed by atoms with Gasteiger partial charge in [-0.25, -0.2) is 9.78 Å². The zero-order valence-corrected chi connectivity index (χ0v) is 9.67. The number of halogens is 1. The first-order chi connectivity index (χ1) is 8.99. The molecular weight excluding hydrogens is 257 g/mol. The topological polar surface area (TPSA) is 99.6 Å². The number of pyridine rings is 1. The molecule has 19 heavy (non-hydrogen) atoms. The first-order valence-electron chi connectivity index (χ1n) is 5.41. The molecule has 8 heteroatoms. The van der Waals surface area contributed by atoms with Crippen LogP contribution >= 0.6 is 0 Å². The van der Waals surface area contributed by atoms with E-state index in [2.05, 4.69) is 10.3 Å². The summed E-state index contributed by atoms with van der Waals surface area (Å²) in [5, 5.41) is 11.4. The van der Waals surface area contributed by atoms with E-state index in [1.807, 2.05) is 0 Å². The first kappa shape index (κ1) is 12.9. The second-order valence-electron chi connectivity index (χ2n) is 3.96. The maximum atomic E-state index is 12.9. The van der Waals surface area contributed by atoms with Crippen molar-refractivity contribution >= 4 is 17.8 Å². The van der Waals surface area contributed by atoms with Crippen LogP contribution in [0.1, 0.15) is 10.4 Å². The zero-order valence-electron chi connectivity index (χ0n) is 9.67. The Labute approximate surface area is 107 Å². The molecule has 0 saturated carbocycles. The van der Waals surface area contributed by atoms with Gasteiger partial charge in [0.25, 0.3) is 5.91 Å². The minimum Gasteiger partial charge on any atom is -0.480 e. The number of rotatable bonds is 2. The summed E-state index contributed by atoms with van der Waals surface area (Å²) in [5.74, 6) is -3.26. The lowest BCUT2D eigenvalue weighted by molar-refractivity contribution is -0.144. The third-order valence-corrected chi connectivity index (χ3v) is 2.70. The average molecular weight is 267 g/mol. The summed E-state index contributed by atoms with van der Waals surface area (Å²) in [4.78, 5) is 38.6. The van der Waals surface area contributed by atoms with Crippen molar-refractivity contribution in [3.8, 4) is 0 Å². The number of piperazine rings is 1. The summed E-state index contributed by atoms with van der Waals surface area (Å²) < 4.78 is 12.9.